The molecule has 23 heavy (non-hydrogen) atoms. The number of hydrogen-bond donors (Lipinski definition) is 0. The van der Waals surface area contributed by atoms with Crippen molar-refractivity contribution in [3.63, 3.8) is 0 Å². The number of carbonyl (C=O) groups is 1. The summed E-state index contributed by atoms with van der Waals surface area (Å²) >= 11 is 0. The Morgan fingerprint density at radius 2 is 1.74 bits per heavy atom. The number of fused-ring (bicyclic) bond motifs is 1. The Hall–Kier alpha value is -1.79. The molecule has 1 aromatic carbocycles. The lowest BCUT2D eigenvalue weighted by Gasteiger charge is -2.32. The molecule has 0 N–H and O–H groups in total. The number of ether oxygens (including phenoxy) is 1. The molecule has 0 atom stereocenters. The number of hydrogen-bond acceptors (Lipinski definition) is 4. The van der Waals surface area contributed by atoms with Crippen LogP contribution in [0.15, 0.2) is 24.3 Å². The second-order valence-electron chi connectivity index (χ2n) is 6.98. The van der Waals surface area contributed by atoms with Crippen LogP contribution in [-0.4, -0.2) is 36.0 Å². The molecule has 0 radical (unpaired) electrons. The highest BCUT2D eigenvalue weighted by Gasteiger charge is 2.52. The SMILES string of the molecule is COC(=O)c1ccc2cc(B3OC(C)(C)C(C)(C)O3)n(C)c2c1. The molecule has 0 bridgehead atoms. The van der Waals surface area contributed by atoms with Crippen molar-refractivity contribution < 1.29 is 18.8 Å². The van der Waals surface area contributed by atoms with Crippen LogP contribution in [0.3, 0.4) is 0 Å². The zero-order chi connectivity index (χ0) is 17.0. The molecule has 0 amide bonds. The van der Waals surface area contributed by atoms with Gasteiger partial charge in [-0.3, -0.25) is 0 Å². The Balaban J connectivity index is 2.04. The van der Waals surface area contributed by atoms with Gasteiger partial charge in [-0.1, -0.05) is 6.07 Å². The molecular formula is C17H22BNO4. The molecule has 6 heteroatoms. The Bertz CT molecular complexity index is 762. The molecule has 0 unspecified atom stereocenters. The summed E-state index contributed by atoms with van der Waals surface area (Å²) in [6, 6.07) is 7.55. The molecule has 2 heterocycles. The van der Waals surface area contributed by atoms with E-state index in [1.165, 1.54) is 7.11 Å². The van der Waals surface area contributed by atoms with Gasteiger partial charge in [0, 0.05) is 18.2 Å². The quantitative estimate of drug-likeness (QED) is 0.630. The largest absolute Gasteiger partial charge is 0.512 e. The standard InChI is InChI=1S/C17H22BNO4/c1-16(2)17(3,4)23-18(22-16)14-10-11-7-8-12(15(20)21-6)9-13(11)19(14)5/h7-10H,1-6H3. The molecule has 1 aromatic heterocycles. The molecule has 0 saturated carbocycles. The van der Waals surface area contributed by atoms with E-state index in [1.807, 2.05) is 57.5 Å². The average Bonchev–Trinajstić information content (AvgIpc) is 2.92. The summed E-state index contributed by atoms with van der Waals surface area (Å²) < 4.78 is 19.0. The molecule has 1 saturated heterocycles. The van der Waals surface area contributed by atoms with Gasteiger partial charge in [-0.25, -0.2) is 4.79 Å². The second kappa shape index (κ2) is 5.11. The minimum Gasteiger partial charge on any atom is -0.465 e. The minimum atomic E-state index is -0.432. The summed E-state index contributed by atoms with van der Waals surface area (Å²) in [5.74, 6) is -0.342. The molecular weight excluding hydrogens is 293 g/mol. The lowest BCUT2D eigenvalue weighted by Crippen LogP contribution is -2.41. The highest BCUT2D eigenvalue weighted by Crippen LogP contribution is 2.36. The van der Waals surface area contributed by atoms with E-state index in [0.717, 1.165) is 16.5 Å². The van der Waals surface area contributed by atoms with Gasteiger partial charge in [0.05, 0.1) is 23.9 Å². The van der Waals surface area contributed by atoms with Crippen molar-refractivity contribution >= 4 is 29.6 Å². The van der Waals surface area contributed by atoms with E-state index < -0.39 is 7.12 Å². The first-order valence-corrected chi connectivity index (χ1v) is 7.69. The first-order chi connectivity index (χ1) is 10.7. The number of carbonyl (C=O) groups excluding carboxylic acids is 1. The van der Waals surface area contributed by atoms with Crippen molar-refractivity contribution in [2.45, 2.75) is 38.9 Å². The van der Waals surface area contributed by atoms with E-state index in [9.17, 15) is 4.79 Å². The number of esters is 1. The molecule has 1 fully saturated rings. The molecule has 5 nitrogen and oxygen atoms in total. The maximum atomic E-state index is 11.7. The van der Waals surface area contributed by atoms with Crippen LogP contribution in [0, 0.1) is 0 Å². The number of rotatable bonds is 2. The van der Waals surface area contributed by atoms with Crippen LogP contribution in [-0.2, 0) is 21.1 Å². The van der Waals surface area contributed by atoms with E-state index in [4.69, 9.17) is 14.0 Å². The summed E-state index contributed by atoms with van der Waals surface area (Å²) in [5, 5.41) is 1.03. The summed E-state index contributed by atoms with van der Waals surface area (Å²) in [4.78, 5) is 11.7. The summed E-state index contributed by atoms with van der Waals surface area (Å²) in [5.41, 5.74) is 1.64. The van der Waals surface area contributed by atoms with E-state index >= 15 is 0 Å². The van der Waals surface area contributed by atoms with Gasteiger partial charge in [0.25, 0.3) is 0 Å². The molecule has 122 valence electrons. The Labute approximate surface area is 136 Å². The normalized spacial score (nSPS) is 19.3. The maximum Gasteiger partial charge on any atom is 0.512 e. The summed E-state index contributed by atoms with van der Waals surface area (Å²) in [7, 11) is 2.90. The van der Waals surface area contributed by atoms with Crippen molar-refractivity contribution in [1.29, 1.82) is 0 Å². The molecule has 1 aliphatic rings. The van der Waals surface area contributed by atoms with E-state index in [2.05, 4.69) is 0 Å². The molecule has 0 aliphatic carbocycles. The smallest absolute Gasteiger partial charge is 0.465 e. The Kier molecular flexibility index (Phi) is 3.57. The van der Waals surface area contributed by atoms with Crippen molar-refractivity contribution in [3.05, 3.63) is 29.8 Å². The van der Waals surface area contributed by atoms with Crippen molar-refractivity contribution in [2.24, 2.45) is 7.05 Å². The lowest BCUT2D eigenvalue weighted by molar-refractivity contribution is 0.00578. The fourth-order valence-electron chi connectivity index (χ4n) is 2.79. The predicted octanol–water partition coefficient (Wildman–Crippen LogP) is 2.26. The number of methoxy groups -OCH3 is 1. The number of benzene rings is 1. The predicted molar refractivity (Wildman–Crippen MR) is 90.0 cm³/mol. The van der Waals surface area contributed by atoms with Gasteiger partial charge in [0.1, 0.15) is 0 Å². The summed E-state index contributed by atoms with van der Waals surface area (Å²) in [6.07, 6.45) is 0. The van der Waals surface area contributed by atoms with Crippen molar-refractivity contribution in [3.8, 4) is 0 Å². The van der Waals surface area contributed by atoms with Gasteiger partial charge in [-0.05, 0) is 51.3 Å². The van der Waals surface area contributed by atoms with Gasteiger partial charge in [0.2, 0.25) is 0 Å². The van der Waals surface area contributed by atoms with E-state index in [1.54, 1.807) is 6.07 Å². The van der Waals surface area contributed by atoms with Gasteiger partial charge in [-0.15, -0.1) is 0 Å². The van der Waals surface area contributed by atoms with E-state index in [-0.39, 0.29) is 17.2 Å². The Morgan fingerprint density at radius 3 is 2.30 bits per heavy atom. The van der Waals surface area contributed by atoms with Crippen LogP contribution in [0.5, 0.6) is 0 Å². The fourth-order valence-corrected chi connectivity index (χ4v) is 2.79. The first-order valence-electron chi connectivity index (χ1n) is 7.69. The third kappa shape index (κ3) is 2.46. The molecule has 1 aliphatic heterocycles. The van der Waals surface area contributed by atoms with Gasteiger partial charge >= 0.3 is 13.1 Å². The second-order valence-corrected chi connectivity index (χ2v) is 6.98. The summed E-state index contributed by atoms with van der Waals surface area (Å²) in [6.45, 7) is 8.13. The van der Waals surface area contributed by atoms with Crippen LogP contribution < -0.4 is 5.59 Å². The lowest BCUT2D eigenvalue weighted by atomic mass is 9.84. The van der Waals surface area contributed by atoms with Crippen LogP contribution in [0.25, 0.3) is 10.9 Å². The van der Waals surface area contributed by atoms with Crippen molar-refractivity contribution in [2.75, 3.05) is 7.11 Å². The minimum absolute atomic E-state index is 0.342. The van der Waals surface area contributed by atoms with Crippen LogP contribution in [0.1, 0.15) is 38.1 Å². The van der Waals surface area contributed by atoms with E-state index in [0.29, 0.717) is 5.56 Å². The Morgan fingerprint density at radius 1 is 1.13 bits per heavy atom. The first kappa shape index (κ1) is 16.1. The van der Waals surface area contributed by atoms with Gasteiger partial charge < -0.3 is 18.6 Å². The third-order valence-corrected chi connectivity index (χ3v) is 5.00. The number of aromatic nitrogens is 1. The van der Waals surface area contributed by atoms with Gasteiger partial charge in [0.15, 0.2) is 0 Å². The molecule has 2 aromatic rings. The number of aryl methyl sites for hydroxylation is 1. The monoisotopic (exact) mass is 315 g/mol. The zero-order valence-electron chi connectivity index (χ0n) is 14.5. The molecule has 3 rings (SSSR count). The topological polar surface area (TPSA) is 49.7 Å². The van der Waals surface area contributed by atoms with Crippen LogP contribution in [0.2, 0.25) is 0 Å². The van der Waals surface area contributed by atoms with Crippen LogP contribution >= 0.6 is 0 Å². The number of nitrogens with zero attached hydrogens (tertiary/aromatic N) is 1. The highest BCUT2D eigenvalue weighted by atomic mass is 16.7. The van der Waals surface area contributed by atoms with Crippen molar-refractivity contribution in [1.82, 2.24) is 4.57 Å². The zero-order valence-corrected chi connectivity index (χ0v) is 14.5. The fraction of sp³-hybridized carbons (Fsp3) is 0.471. The maximum absolute atomic E-state index is 11.7. The van der Waals surface area contributed by atoms with Crippen LogP contribution in [0.4, 0.5) is 0 Å². The molecule has 0 spiro atoms. The average molecular weight is 315 g/mol. The third-order valence-electron chi connectivity index (χ3n) is 5.00. The van der Waals surface area contributed by atoms with Gasteiger partial charge in [-0.2, -0.15) is 0 Å². The highest BCUT2D eigenvalue weighted by molar-refractivity contribution is 6.61.